The van der Waals surface area contributed by atoms with Crippen molar-refractivity contribution in [2.75, 3.05) is 13.7 Å². The molecular formula is C18H20FNO3. The van der Waals surface area contributed by atoms with E-state index in [1.54, 1.807) is 19.2 Å². The summed E-state index contributed by atoms with van der Waals surface area (Å²) in [5.74, 6) is -0.0174. The molecule has 0 unspecified atom stereocenters. The van der Waals surface area contributed by atoms with Crippen molar-refractivity contribution in [1.82, 2.24) is 5.32 Å². The quantitative estimate of drug-likeness (QED) is 0.890. The van der Waals surface area contributed by atoms with Crippen molar-refractivity contribution in [3.05, 3.63) is 58.9 Å². The standard InChI is InChI=1S/C18H20FNO3/c1-12-8-13(2)14(17(9-12)22-3)10-20-18(21)11-23-16-7-5-4-6-15(16)19/h4-9H,10-11H2,1-3H3,(H,20,21). The van der Waals surface area contributed by atoms with E-state index >= 15 is 0 Å². The van der Waals surface area contributed by atoms with Gasteiger partial charge in [-0.05, 0) is 43.2 Å². The minimum atomic E-state index is -0.489. The van der Waals surface area contributed by atoms with E-state index in [1.807, 2.05) is 26.0 Å². The monoisotopic (exact) mass is 317 g/mol. The second-order valence-corrected chi connectivity index (χ2v) is 5.26. The van der Waals surface area contributed by atoms with Gasteiger partial charge in [0, 0.05) is 12.1 Å². The minimum Gasteiger partial charge on any atom is -0.496 e. The number of amides is 1. The van der Waals surface area contributed by atoms with E-state index in [9.17, 15) is 9.18 Å². The van der Waals surface area contributed by atoms with Gasteiger partial charge in [-0.2, -0.15) is 0 Å². The fourth-order valence-electron chi connectivity index (χ4n) is 2.31. The normalized spacial score (nSPS) is 10.3. The maximum absolute atomic E-state index is 13.4. The number of para-hydroxylation sites is 1. The molecule has 122 valence electrons. The van der Waals surface area contributed by atoms with Gasteiger partial charge >= 0.3 is 0 Å². The average molecular weight is 317 g/mol. The summed E-state index contributed by atoms with van der Waals surface area (Å²) in [7, 11) is 1.60. The summed E-state index contributed by atoms with van der Waals surface area (Å²) in [6.07, 6.45) is 0. The predicted octanol–water partition coefficient (Wildman–Crippen LogP) is 3.15. The fraction of sp³-hybridized carbons (Fsp3) is 0.278. The molecule has 23 heavy (non-hydrogen) atoms. The van der Waals surface area contributed by atoms with Gasteiger partial charge in [-0.1, -0.05) is 18.2 Å². The smallest absolute Gasteiger partial charge is 0.258 e. The topological polar surface area (TPSA) is 47.6 Å². The number of aryl methyl sites for hydroxylation is 2. The van der Waals surface area contributed by atoms with Gasteiger partial charge < -0.3 is 14.8 Å². The summed E-state index contributed by atoms with van der Waals surface area (Å²) in [6.45, 7) is 4.04. The first-order valence-electron chi connectivity index (χ1n) is 7.29. The lowest BCUT2D eigenvalue weighted by Crippen LogP contribution is -2.29. The van der Waals surface area contributed by atoms with Gasteiger partial charge in [0.15, 0.2) is 18.2 Å². The zero-order valence-electron chi connectivity index (χ0n) is 13.5. The molecule has 2 rings (SSSR count). The Bertz CT molecular complexity index is 701. The van der Waals surface area contributed by atoms with E-state index in [0.29, 0.717) is 6.54 Å². The number of methoxy groups -OCH3 is 1. The average Bonchev–Trinajstić information content (AvgIpc) is 2.52. The van der Waals surface area contributed by atoms with Crippen LogP contribution in [0.25, 0.3) is 0 Å². The molecule has 0 aromatic heterocycles. The van der Waals surface area contributed by atoms with Gasteiger partial charge in [-0.3, -0.25) is 4.79 Å². The Morgan fingerprint density at radius 3 is 2.61 bits per heavy atom. The molecule has 0 bridgehead atoms. The number of carbonyl (C=O) groups is 1. The molecule has 5 heteroatoms. The first-order chi connectivity index (χ1) is 11.0. The lowest BCUT2D eigenvalue weighted by atomic mass is 10.0. The highest BCUT2D eigenvalue weighted by atomic mass is 19.1. The molecule has 0 saturated carbocycles. The van der Waals surface area contributed by atoms with Crippen molar-refractivity contribution < 1.29 is 18.7 Å². The molecule has 0 spiro atoms. The molecule has 4 nitrogen and oxygen atoms in total. The van der Waals surface area contributed by atoms with Gasteiger partial charge in [-0.15, -0.1) is 0 Å². The molecule has 0 atom stereocenters. The highest BCUT2D eigenvalue weighted by Crippen LogP contribution is 2.24. The second-order valence-electron chi connectivity index (χ2n) is 5.26. The number of nitrogens with one attached hydrogen (secondary N) is 1. The van der Waals surface area contributed by atoms with Crippen LogP contribution in [0.5, 0.6) is 11.5 Å². The summed E-state index contributed by atoms with van der Waals surface area (Å²) >= 11 is 0. The van der Waals surface area contributed by atoms with Crippen molar-refractivity contribution in [2.45, 2.75) is 20.4 Å². The molecule has 1 N–H and O–H groups in total. The number of benzene rings is 2. The lowest BCUT2D eigenvalue weighted by Gasteiger charge is -2.14. The number of halogens is 1. The Labute approximate surface area is 135 Å². The third-order valence-electron chi connectivity index (χ3n) is 3.45. The van der Waals surface area contributed by atoms with Crippen molar-refractivity contribution >= 4 is 5.91 Å². The van der Waals surface area contributed by atoms with Crippen LogP contribution in [0.15, 0.2) is 36.4 Å². The molecule has 2 aromatic rings. The predicted molar refractivity (Wildman–Crippen MR) is 86.2 cm³/mol. The molecule has 2 aromatic carbocycles. The Kier molecular flexibility index (Phi) is 5.57. The molecule has 0 aliphatic carbocycles. The molecule has 1 amide bonds. The van der Waals surface area contributed by atoms with Crippen LogP contribution < -0.4 is 14.8 Å². The Hall–Kier alpha value is -2.56. The van der Waals surface area contributed by atoms with Crippen LogP contribution in [0.2, 0.25) is 0 Å². The van der Waals surface area contributed by atoms with Crippen LogP contribution in [0.1, 0.15) is 16.7 Å². The first kappa shape index (κ1) is 16.8. The molecule has 0 radical (unpaired) electrons. The largest absolute Gasteiger partial charge is 0.496 e. The van der Waals surface area contributed by atoms with E-state index in [2.05, 4.69) is 5.32 Å². The molecule has 0 aliphatic rings. The van der Waals surface area contributed by atoms with E-state index < -0.39 is 5.82 Å². The number of rotatable bonds is 6. The Morgan fingerprint density at radius 2 is 1.91 bits per heavy atom. The van der Waals surface area contributed by atoms with Crippen molar-refractivity contribution in [3.8, 4) is 11.5 Å². The SMILES string of the molecule is COc1cc(C)cc(C)c1CNC(=O)COc1ccccc1F. The first-order valence-corrected chi connectivity index (χ1v) is 7.29. The molecule has 0 saturated heterocycles. The summed E-state index contributed by atoms with van der Waals surface area (Å²) in [5, 5.41) is 2.76. The number of hydrogen-bond acceptors (Lipinski definition) is 3. The van der Waals surface area contributed by atoms with Crippen LogP contribution in [0, 0.1) is 19.7 Å². The van der Waals surface area contributed by atoms with E-state index in [1.165, 1.54) is 12.1 Å². The van der Waals surface area contributed by atoms with Gasteiger partial charge in [-0.25, -0.2) is 4.39 Å². The molecule has 0 aliphatic heterocycles. The maximum Gasteiger partial charge on any atom is 0.258 e. The van der Waals surface area contributed by atoms with Gasteiger partial charge in [0.1, 0.15) is 5.75 Å². The third kappa shape index (κ3) is 4.45. The van der Waals surface area contributed by atoms with Crippen molar-refractivity contribution in [3.63, 3.8) is 0 Å². The van der Waals surface area contributed by atoms with Crippen LogP contribution >= 0.6 is 0 Å². The summed E-state index contributed by atoms with van der Waals surface area (Å²) < 4.78 is 23.9. The summed E-state index contributed by atoms with van der Waals surface area (Å²) in [4.78, 5) is 11.9. The highest BCUT2D eigenvalue weighted by Gasteiger charge is 2.10. The lowest BCUT2D eigenvalue weighted by molar-refractivity contribution is -0.123. The number of ether oxygens (including phenoxy) is 2. The number of hydrogen-bond donors (Lipinski definition) is 1. The van der Waals surface area contributed by atoms with Gasteiger partial charge in [0.25, 0.3) is 5.91 Å². The van der Waals surface area contributed by atoms with E-state index in [0.717, 1.165) is 22.4 Å². The summed E-state index contributed by atoms with van der Waals surface area (Å²) in [5.41, 5.74) is 3.05. The second kappa shape index (κ2) is 7.63. The van der Waals surface area contributed by atoms with Crippen molar-refractivity contribution in [2.24, 2.45) is 0 Å². The molecular weight excluding hydrogens is 297 g/mol. The summed E-state index contributed by atoms with van der Waals surface area (Å²) in [6, 6.07) is 9.93. The third-order valence-corrected chi connectivity index (χ3v) is 3.45. The Morgan fingerprint density at radius 1 is 1.17 bits per heavy atom. The zero-order chi connectivity index (χ0) is 16.8. The van der Waals surface area contributed by atoms with Crippen LogP contribution in [-0.4, -0.2) is 19.6 Å². The van der Waals surface area contributed by atoms with Crippen molar-refractivity contribution in [1.29, 1.82) is 0 Å². The highest BCUT2D eigenvalue weighted by molar-refractivity contribution is 5.77. The Balaban J connectivity index is 1.94. The zero-order valence-corrected chi connectivity index (χ0v) is 13.5. The molecule has 0 heterocycles. The maximum atomic E-state index is 13.4. The van der Waals surface area contributed by atoms with Gasteiger partial charge in [0.05, 0.1) is 7.11 Å². The van der Waals surface area contributed by atoms with Crippen LogP contribution in [-0.2, 0) is 11.3 Å². The minimum absolute atomic E-state index is 0.0618. The van der Waals surface area contributed by atoms with E-state index in [4.69, 9.17) is 9.47 Å². The molecule has 0 fully saturated rings. The fourth-order valence-corrected chi connectivity index (χ4v) is 2.31. The van der Waals surface area contributed by atoms with Crippen LogP contribution in [0.4, 0.5) is 4.39 Å². The number of carbonyl (C=O) groups excluding carboxylic acids is 1. The van der Waals surface area contributed by atoms with E-state index in [-0.39, 0.29) is 18.3 Å². The van der Waals surface area contributed by atoms with Gasteiger partial charge in [0.2, 0.25) is 0 Å². The van der Waals surface area contributed by atoms with Crippen LogP contribution in [0.3, 0.4) is 0 Å².